The summed E-state index contributed by atoms with van der Waals surface area (Å²) < 4.78 is 1.97. The van der Waals surface area contributed by atoms with Crippen molar-refractivity contribution < 1.29 is 4.79 Å². The number of carbonyl (C=O) groups is 1. The van der Waals surface area contributed by atoms with E-state index in [0.29, 0.717) is 5.16 Å². The predicted molar refractivity (Wildman–Crippen MR) is 129 cm³/mol. The van der Waals surface area contributed by atoms with Gasteiger partial charge in [-0.3, -0.25) is 9.36 Å². The molecule has 160 valence electrons. The zero-order chi connectivity index (χ0) is 22.3. The Morgan fingerprint density at radius 1 is 0.969 bits per heavy atom. The van der Waals surface area contributed by atoms with Crippen molar-refractivity contribution in [1.82, 2.24) is 20.2 Å². The molecule has 1 aromatic heterocycles. The van der Waals surface area contributed by atoms with Crippen molar-refractivity contribution in [3.8, 4) is 17.1 Å². The van der Waals surface area contributed by atoms with Crippen LogP contribution >= 0.6 is 11.8 Å². The van der Waals surface area contributed by atoms with Gasteiger partial charge in [0.25, 0.3) is 5.91 Å². The van der Waals surface area contributed by atoms with E-state index in [1.165, 1.54) is 17.3 Å². The van der Waals surface area contributed by atoms with Gasteiger partial charge < -0.3 is 0 Å². The maximum atomic E-state index is 12.3. The van der Waals surface area contributed by atoms with Crippen LogP contribution in [0, 0.1) is 13.8 Å². The Kier molecular flexibility index (Phi) is 6.77. The summed E-state index contributed by atoms with van der Waals surface area (Å²) >= 11 is 1.32. The standard InChI is InChI=1S/C25H23N5OS/c1-18-11-13-22(14-12-18)30-24(21-9-4-3-5-10-21)28-29-25(30)32-17-23(31)27-26-16-20-8-6-7-19(2)15-20/h3-16H,17H2,1-2H3,(H,27,31)/b26-16-. The Bertz CT molecular complexity index is 1230. The molecule has 0 saturated heterocycles. The van der Waals surface area contributed by atoms with Gasteiger partial charge in [0, 0.05) is 11.3 Å². The first kappa shape index (κ1) is 21.5. The molecule has 0 fully saturated rings. The van der Waals surface area contributed by atoms with Crippen LogP contribution < -0.4 is 5.43 Å². The fraction of sp³-hybridized carbons (Fsp3) is 0.120. The van der Waals surface area contributed by atoms with Gasteiger partial charge in [-0.25, -0.2) is 5.43 Å². The van der Waals surface area contributed by atoms with E-state index < -0.39 is 0 Å². The molecule has 0 atom stereocenters. The van der Waals surface area contributed by atoms with Crippen LogP contribution in [0.15, 0.2) is 89.1 Å². The molecule has 0 aliphatic carbocycles. The van der Waals surface area contributed by atoms with Crippen molar-refractivity contribution in [2.75, 3.05) is 5.75 Å². The van der Waals surface area contributed by atoms with Crippen LogP contribution in [-0.4, -0.2) is 32.6 Å². The lowest BCUT2D eigenvalue weighted by atomic mass is 10.2. The lowest BCUT2D eigenvalue weighted by molar-refractivity contribution is -0.118. The summed E-state index contributed by atoms with van der Waals surface area (Å²) in [5.74, 6) is 0.692. The number of aromatic nitrogens is 3. The normalized spacial score (nSPS) is 11.1. The number of nitrogens with one attached hydrogen (secondary N) is 1. The number of rotatable bonds is 7. The van der Waals surface area contributed by atoms with Crippen molar-refractivity contribution in [2.45, 2.75) is 19.0 Å². The van der Waals surface area contributed by atoms with Gasteiger partial charge >= 0.3 is 0 Å². The third-order valence-electron chi connectivity index (χ3n) is 4.73. The second-order valence-corrected chi connectivity index (χ2v) is 8.28. The molecule has 1 heterocycles. The number of hydrogen-bond acceptors (Lipinski definition) is 5. The second-order valence-electron chi connectivity index (χ2n) is 7.34. The molecule has 4 aromatic rings. The lowest BCUT2D eigenvalue weighted by Crippen LogP contribution is -2.20. The van der Waals surface area contributed by atoms with Gasteiger partial charge in [-0.05, 0) is 31.5 Å². The summed E-state index contributed by atoms with van der Waals surface area (Å²) in [5, 5.41) is 13.5. The lowest BCUT2D eigenvalue weighted by Gasteiger charge is -2.10. The van der Waals surface area contributed by atoms with Gasteiger partial charge in [0.1, 0.15) is 0 Å². The molecule has 6 nitrogen and oxygen atoms in total. The highest BCUT2D eigenvalue weighted by Gasteiger charge is 2.17. The summed E-state index contributed by atoms with van der Waals surface area (Å²) in [4.78, 5) is 12.3. The third-order valence-corrected chi connectivity index (χ3v) is 5.66. The largest absolute Gasteiger partial charge is 0.272 e. The van der Waals surface area contributed by atoms with E-state index in [0.717, 1.165) is 28.2 Å². The quantitative estimate of drug-likeness (QED) is 0.254. The Hall–Kier alpha value is -3.71. The van der Waals surface area contributed by atoms with E-state index in [9.17, 15) is 4.79 Å². The molecule has 0 radical (unpaired) electrons. The van der Waals surface area contributed by atoms with Crippen LogP contribution in [0.4, 0.5) is 0 Å². The molecule has 3 aromatic carbocycles. The SMILES string of the molecule is Cc1ccc(-n2c(SCC(=O)N/N=C\c3cccc(C)c3)nnc2-c2ccccc2)cc1. The van der Waals surface area contributed by atoms with Crippen LogP contribution in [0.25, 0.3) is 17.1 Å². The molecule has 7 heteroatoms. The topological polar surface area (TPSA) is 72.2 Å². The Balaban J connectivity index is 1.50. The molecule has 0 saturated carbocycles. The van der Waals surface area contributed by atoms with Gasteiger partial charge in [0.15, 0.2) is 11.0 Å². The average Bonchev–Trinajstić information content (AvgIpc) is 3.23. The van der Waals surface area contributed by atoms with Gasteiger partial charge in [-0.1, -0.05) is 89.6 Å². The Morgan fingerprint density at radius 3 is 2.50 bits per heavy atom. The van der Waals surface area contributed by atoms with E-state index in [1.54, 1.807) is 6.21 Å². The number of nitrogens with zero attached hydrogens (tertiary/aromatic N) is 4. The summed E-state index contributed by atoms with van der Waals surface area (Å²) in [6.07, 6.45) is 1.64. The molecule has 1 amide bonds. The van der Waals surface area contributed by atoms with E-state index in [2.05, 4.69) is 20.7 Å². The highest BCUT2D eigenvalue weighted by atomic mass is 32.2. The molecule has 0 unspecified atom stereocenters. The van der Waals surface area contributed by atoms with Gasteiger partial charge in [-0.2, -0.15) is 5.10 Å². The number of hydrazone groups is 1. The molecule has 0 bridgehead atoms. The van der Waals surface area contributed by atoms with Crippen LogP contribution in [0.5, 0.6) is 0 Å². The zero-order valence-corrected chi connectivity index (χ0v) is 18.7. The minimum atomic E-state index is -0.210. The molecule has 0 aliphatic heterocycles. The first-order valence-electron chi connectivity index (χ1n) is 10.2. The second kappa shape index (κ2) is 10.1. The maximum Gasteiger partial charge on any atom is 0.250 e. The highest BCUT2D eigenvalue weighted by molar-refractivity contribution is 7.99. The highest BCUT2D eigenvalue weighted by Crippen LogP contribution is 2.28. The first-order chi connectivity index (χ1) is 15.6. The molecule has 0 aliphatic rings. The minimum absolute atomic E-state index is 0.171. The van der Waals surface area contributed by atoms with Crippen LogP contribution in [0.1, 0.15) is 16.7 Å². The van der Waals surface area contributed by atoms with E-state index in [4.69, 9.17) is 0 Å². The van der Waals surface area contributed by atoms with Gasteiger partial charge in [-0.15, -0.1) is 10.2 Å². The molecule has 32 heavy (non-hydrogen) atoms. The number of aryl methyl sites for hydroxylation is 2. The number of benzene rings is 3. The zero-order valence-electron chi connectivity index (χ0n) is 17.9. The van der Waals surface area contributed by atoms with E-state index in [1.807, 2.05) is 97.3 Å². The van der Waals surface area contributed by atoms with Crippen molar-refractivity contribution in [2.24, 2.45) is 5.10 Å². The minimum Gasteiger partial charge on any atom is -0.272 e. The number of hydrogen-bond donors (Lipinski definition) is 1. The summed E-state index contributed by atoms with van der Waals surface area (Å²) in [6, 6.07) is 26.0. The first-order valence-corrected chi connectivity index (χ1v) is 11.2. The Morgan fingerprint density at radius 2 is 1.75 bits per heavy atom. The average molecular weight is 442 g/mol. The van der Waals surface area contributed by atoms with Crippen LogP contribution in [0.3, 0.4) is 0 Å². The van der Waals surface area contributed by atoms with Crippen molar-refractivity contribution in [3.05, 3.63) is 95.6 Å². The number of carbonyl (C=O) groups excluding carboxylic acids is 1. The summed E-state index contributed by atoms with van der Waals surface area (Å²) in [7, 11) is 0. The smallest absolute Gasteiger partial charge is 0.250 e. The van der Waals surface area contributed by atoms with Gasteiger partial charge in [0.2, 0.25) is 0 Å². The monoisotopic (exact) mass is 441 g/mol. The summed E-state index contributed by atoms with van der Waals surface area (Å²) in [5.41, 5.74) is 7.72. The fourth-order valence-electron chi connectivity index (χ4n) is 3.16. The van der Waals surface area contributed by atoms with Crippen molar-refractivity contribution in [3.63, 3.8) is 0 Å². The van der Waals surface area contributed by atoms with Crippen molar-refractivity contribution >= 4 is 23.9 Å². The number of thioether (sulfide) groups is 1. The van der Waals surface area contributed by atoms with Crippen LogP contribution in [0.2, 0.25) is 0 Å². The fourth-order valence-corrected chi connectivity index (χ4v) is 3.90. The third kappa shape index (κ3) is 5.31. The summed E-state index contributed by atoms with van der Waals surface area (Å²) in [6.45, 7) is 4.06. The molecule has 1 N–H and O–H groups in total. The molecular formula is C25H23N5OS. The van der Waals surface area contributed by atoms with Crippen LogP contribution in [-0.2, 0) is 4.79 Å². The van der Waals surface area contributed by atoms with E-state index >= 15 is 0 Å². The van der Waals surface area contributed by atoms with Crippen molar-refractivity contribution in [1.29, 1.82) is 0 Å². The van der Waals surface area contributed by atoms with Gasteiger partial charge in [0.05, 0.1) is 12.0 Å². The van der Waals surface area contributed by atoms with E-state index in [-0.39, 0.29) is 11.7 Å². The number of amides is 1. The maximum absolute atomic E-state index is 12.3. The molecule has 0 spiro atoms. The predicted octanol–water partition coefficient (Wildman–Crippen LogP) is 4.79. The Labute approximate surface area is 191 Å². The molecular weight excluding hydrogens is 418 g/mol. The molecule has 4 rings (SSSR count).